The molecule has 0 aliphatic carbocycles. The van der Waals surface area contributed by atoms with Gasteiger partial charge in [0.1, 0.15) is 5.75 Å². The number of hydrogen-bond donors (Lipinski definition) is 1. The van der Waals surface area contributed by atoms with E-state index in [2.05, 4.69) is 55.3 Å². The maximum Gasteiger partial charge on any atom is 0.277 e. The Morgan fingerprint density at radius 3 is 2.52 bits per heavy atom. The molecule has 0 aromatic heterocycles. The quantitative estimate of drug-likeness (QED) is 0.803. The highest BCUT2D eigenvalue weighted by Gasteiger charge is 2.17. The summed E-state index contributed by atoms with van der Waals surface area (Å²) in [7, 11) is 0. The fourth-order valence-corrected chi connectivity index (χ4v) is 2.97. The maximum atomic E-state index is 12.0. The van der Waals surface area contributed by atoms with E-state index in [1.165, 1.54) is 0 Å². The summed E-state index contributed by atoms with van der Waals surface area (Å²) in [6, 6.07) is 6.68. The van der Waals surface area contributed by atoms with E-state index in [-0.39, 0.29) is 12.5 Å². The van der Waals surface area contributed by atoms with Gasteiger partial charge in [-0.25, -0.2) is 5.43 Å². The second-order valence-electron chi connectivity index (χ2n) is 7.33. The van der Waals surface area contributed by atoms with Crippen molar-refractivity contribution in [2.24, 2.45) is 5.10 Å². The number of hydrogen-bond acceptors (Lipinski definition) is 4. The van der Waals surface area contributed by atoms with Crippen molar-refractivity contribution in [2.45, 2.75) is 59.4 Å². The maximum absolute atomic E-state index is 12.0. The van der Waals surface area contributed by atoms with Gasteiger partial charge in [-0.3, -0.25) is 4.79 Å². The predicted molar refractivity (Wildman–Crippen MR) is 102 cm³/mol. The van der Waals surface area contributed by atoms with Crippen LogP contribution in [-0.2, 0) is 4.79 Å². The van der Waals surface area contributed by atoms with Crippen LogP contribution >= 0.6 is 0 Å². The van der Waals surface area contributed by atoms with Gasteiger partial charge >= 0.3 is 0 Å². The van der Waals surface area contributed by atoms with Crippen LogP contribution in [0.3, 0.4) is 0 Å². The van der Waals surface area contributed by atoms with E-state index >= 15 is 0 Å². The third kappa shape index (κ3) is 5.85. The van der Waals surface area contributed by atoms with Gasteiger partial charge in [0.15, 0.2) is 6.61 Å². The second-order valence-corrected chi connectivity index (χ2v) is 7.33. The topological polar surface area (TPSA) is 53.9 Å². The summed E-state index contributed by atoms with van der Waals surface area (Å²) in [4.78, 5) is 14.5. The minimum Gasteiger partial charge on any atom is -0.483 e. The number of amides is 1. The van der Waals surface area contributed by atoms with Gasteiger partial charge in [0.25, 0.3) is 5.91 Å². The molecule has 1 aromatic carbocycles. The lowest BCUT2D eigenvalue weighted by atomic mass is 10.0. The normalized spacial score (nSPS) is 15.6. The van der Waals surface area contributed by atoms with Gasteiger partial charge in [-0.15, -0.1) is 0 Å². The zero-order valence-corrected chi connectivity index (χ0v) is 16.1. The molecule has 1 amide bonds. The molecule has 1 aliphatic heterocycles. The van der Waals surface area contributed by atoms with E-state index in [0.717, 1.165) is 48.5 Å². The molecular formula is C20H31N3O2. The molecular weight excluding hydrogens is 314 g/mol. The Labute approximate surface area is 151 Å². The summed E-state index contributed by atoms with van der Waals surface area (Å²) in [5.74, 6) is 0.920. The van der Waals surface area contributed by atoms with Gasteiger partial charge in [0.05, 0.1) is 0 Å². The highest BCUT2D eigenvalue weighted by atomic mass is 16.5. The lowest BCUT2D eigenvalue weighted by Crippen LogP contribution is -2.39. The van der Waals surface area contributed by atoms with Gasteiger partial charge in [0, 0.05) is 37.7 Å². The highest BCUT2D eigenvalue weighted by molar-refractivity contribution is 5.87. The first-order valence-corrected chi connectivity index (χ1v) is 9.18. The van der Waals surface area contributed by atoms with Crippen molar-refractivity contribution in [2.75, 3.05) is 19.7 Å². The number of rotatable bonds is 6. The van der Waals surface area contributed by atoms with Gasteiger partial charge in [0.2, 0.25) is 0 Å². The largest absolute Gasteiger partial charge is 0.483 e. The van der Waals surface area contributed by atoms with Crippen LogP contribution in [0.25, 0.3) is 0 Å². The molecule has 0 spiro atoms. The molecule has 0 radical (unpaired) electrons. The zero-order valence-electron chi connectivity index (χ0n) is 16.1. The van der Waals surface area contributed by atoms with Crippen molar-refractivity contribution in [1.82, 2.24) is 10.3 Å². The summed E-state index contributed by atoms with van der Waals surface area (Å²) in [5.41, 5.74) is 5.93. The van der Waals surface area contributed by atoms with Crippen molar-refractivity contribution in [3.05, 3.63) is 29.3 Å². The molecule has 0 bridgehead atoms. The number of likely N-dealkylation sites (tertiary alicyclic amines) is 1. The van der Waals surface area contributed by atoms with Crippen molar-refractivity contribution in [1.29, 1.82) is 0 Å². The van der Waals surface area contributed by atoms with Crippen LogP contribution in [0.4, 0.5) is 0 Å². The van der Waals surface area contributed by atoms with Crippen LogP contribution < -0.4 is 10.2 Å². The van der Waals surface area contributed by atoms with E-state index in [4.69, 9.17) is 4.74 Å². The van der Waals surface area contributed by atoms with Crippen LogP contribution in [0.5, 0.6) is 5.75 Å². The average Bonchev–Trinajstić information content (AvgIpc) is 2.58. The second kappa shape index (κ2) is 8.99. The summed E-state index contributed by atoms with van der Waals surface area (Å²) in [6.45, 7) is 12.7. The van der Waals surface area contributed by atoms with E-state index in [0.29, 0.717) is 12.0 Å². The minimum atomic E-state index is -0.213. The zero-order chi connectivity index (χ0) is 18.4. The Balaban J connectivity index is 1.84. The molecule has 5 heteroatoms. The molecule has 1 aromatic rings. The Morgan fingerprint density at radius 1 is 1.24 bits per heavy atom. The first-order chi connectivity index (χ1) is 11.9. The molecule has 1 aliphatic rings. The lowest BCUT2D eigenvalue weighted by Gasteiger charge is -2.30. The number of ether oxygens (including phenoxy) is 1. The van der Waals surface area contributed by atoms with Crippen LogP contribution in [0, 0.1) is 6.92 Å². The van der Waals surface area contributed by atoms with Crippen LogP contribution in [-0.4, -0.2) is 42.3 Å². The summed E-state index contributed by atoms with van der Waals surface area (Å²) in [5, 5.41) is 4.27. The van der Waals surface area contributed by atoms with Gasteiger partial charge in [-0.1, -0.05) is 26.0 Å². The third-order valence-electron chi connectivity index (χ3n) is 4.59. The monoisotopic (exact) mass is 345 g/mol. The number of nitrogens with zero attached hydrogens (tertiary/aromatic N) is 2. The van der Waals surface area contributed by atoms with E-state index in [9.17, 15) is 4.79 Å². The number of carbonyl (C=O) groups is 1. The molecule has 0 saturated carbocycles. The molecule has 1 saturated heterocycles. The van der Waals surface area contributed by atoms with Crippen LogP contribution in [0.1, 0.15) is 57.6 Å². The minimum absolute atomic E-state index is 0.0158. The number of piperidine rings is 1. The number of nitrogens with one attached hydrogen (secondary N) is 1. The standard InChI is InChI=1S/C20H31N3O2/c1-14(2)18-7-6-16(5)12-19(18)25-13-20(24)22-21-17-8-10-23(11-9-17)15(3)4/h6-7,12,14-15H,8-11,13H2,1-5H3,(H,22,24). The fourth-order valence-electron chi connectivity index (χ4n) is 2.97. The number of aryl methyl sites for hydroxylation is 1. The van der Waals surface area contributed by atoms with Crippen molar-refractivity contribution < 1.29 is 9.53 Å². The highest BCUT2D eigenvalue weighted by Crippen LogP contribution is 2.27. The Hall–Kier alpha value is -1.88. The Kier molecular flexibility index (Phi) is 7.00. The van der Waals surface area contributed by atoms with Gasteiger partial charge in [-0.05, 0) is 43.9 Å². The Bertz CT molecular complexity index is 613. The molecule has 1 N–H and O–H groups in total. The molecule has 1 fully saturated rings. The first kappa shape index (κ1) is 19.4. The molecule has 1 heterocycles. The molecule has 138 valence electrons. The van der Waals surface area contributed by atoms with Gasteiger partial charge < -0.3 is 9.64 Å². The van der Waals surface area contributed by atoms with Crippen molar-refractivity contribution >= 4 is 11.6 Å². The van der Waals surface area contributed by atoms with E-state index < -0.39 is 0 Å². The lowest BCUT2D eigenvalue weighted by molar-refractivity contribution is -0.123. The number of carbonyl (C=O) groups excluding carboxylic acids is 1. The SMILES string of the molecule is Cc1ccc(C(C)C)c(OCC(=O)NN=C2CCN(C(C)C)CC2)c1. The average molecular weight is 345 g/mol. The molecule has 2 rings (SSSR count). The number of hydrazone groups is 1. The summed E-state index contributed by atoms with van der Waals surface area (Å²) >= 11 is 0. The third-order valence-corrected chi connectivity index (χ3v) is 4.59. The summed E-state index contributed by atoms with van der Waals surface area (Å²) in [6.07, 6.45) is 1.82. The first-order valence-electron chi connectivity index (χ1n) is 9.18. The van der Waals surface area contributed by atoms with Gasteiger partial charge in [-0.2, -0.15) is 5.10 Å². The van der Waals surface area contributed by atoms with Crippen molar-refractivity contribution in [3.63, 3.8) is 0 Å². The van der Waals surface area contributed by atoms with E-state index in [1.54, 1.807) is 0 Å². The molecule has 0 atom stereocenters. The Morgan fingerprint density at radius 2 is 1.92 bits per heavy atom. The van der Waals surface area contributed by atoms with Crippen LogP contribution in [0.2, 0.25) is 0 Å². The summed E-state index contributed by atoms with van der Waals surface area (Å²) < 4.78 is 5.74. The molecule has 0 unspecified atom stereocenters. The predicted octanol–water partition coefficient (Wildman–Crippen LogP) is 3.47. The smallest absolute Gasteiger partial charge is 0.277 e. The molecule has 25 heavy (non-hydrogen) atoms. The van der Waals surface area contributed by atoms with Crippen LogP contribution in [0.15, 0.2) is 23.3 Å². The van der Waals surface area contributed by atoms with Crippen molar-refractivity contribution in [3.8, 4) is 5.75 Å². The fraction of sp³-hybridized carbons (Fsp3) is 0.600. The van der Waals surface area contributed by atoms with E-state index in [1.807, 2.05) is 13.0 Å². The number of benzene rings is 1. The molecule has 5 nitrogen and oxygen atoms in total.